The van der Waals surface area contributed by atoms with Gasteiger partial charge in [0.05, 0.1) is 19.1 Å². The average molecular weight is 421 g/mol. The highest BCUT2D eigenvalue weighted by Gasteiger charge is 2.41. The van der Waals surface area contributed by atoms with Gasteiger partial charge in [-0.2, -0.15) is 0 Å². The lowest BCUT2D eigenvalue weighted by molar-refractivity contribution is -0.140. The Bertz CT molecular complexity index is 938. The van der Waals surface area contributed by atoms with Crippen LogP contribution in [0.2, 0.25) is 0 Å². The Hall–Kier alpha value is -2.82. The van der Waals surface area contributed by atoms with E-state index in [1.54, 1.807) is 7.11 Å². The van der Waals surface area contributed by atoms with E-state index in [9.17, 15) is 9.59 Å². The highest BCUT2D eigenvalue weighted by molar-refractivity contribution is 5.84. The van der Waals surface area contributed by atoms with E-state index >= 15 is 0 Å². The fourth-order valence-electron chi connectivity index (χ4n) is 4.59. The molecule has 31 heavy (non-hydrogen) atoms. The minimum atomic E-state index is -0.151. The first-order chi connectivity index (χ1) is 15.1. The predicted octanol–water partition coefficient (Wildman–Crippen LogP) is 4.05. The van der Waals surface area contributed by atoms with Crippen LogP contribution in [0.4, 0.5) is 0 Å². The average Bonchev–Trinajstić information content (AvgIpc) is 3.64. The van der Waals surface area contributed by atoms with Crippen molar-refractivity contribution in [3.63, 3.8) is 0 Å². The van der Waals surface area contributed by atoms with Crippen molar-refractivity contribution in [2.45, 2.75) is 45.1 Å². The summed E-state index contributed by atoms with van der Waals surface area (Å²) in [5.41, 5.74) is 3.47. The summed E-state index contributed by atoms with van der Waals surface area (Å²) in [5.74, 6) is 1.11. The fourth-order valence-corrected chi connectivity index (χ4v) is 4.59. The number of carbonyl (C=O) groups excluding carboxylic acids is 2. The van der Waals surface area contributed by atoms with E-state index in [-0.39, 0.29) is 29.7 Å². The van der Waals surface area contributed by atoms with E-state index < -0.39 is 0 Å². The molecule has 2 aliphatic rings. The molecule has 4 rings (SSSR count). The van der Waals surface area contributed by atoms with Gasteiger partial charge in [0.2, 0.25) is 11.8 Å². The van der Waals surface area contributed by atoms with Crippen molar-refractivity contribution < 1.29 is 14.3 Å². The number of nitrogens with one attached hydrogen (secondary N) is 1. The molecule has 2 amide bonds. The summed E-state index contributed by atoms with van der Waals surface area (Å²) in [4.78, 5) is 27.9. The van der Waals surface area contributed by atoms with Crippen molar-refractivity contribution >= 4 is 11.8 Å². The topological polar surface area (TPSA) is 58.6 Å². The van der Waals surface area contributed by atoms with Gasteiger partial charge < -0.3 is 15.0 Å². The molecular weight excluding hydrogens is 388 g/mol. The third-order valence-corrected chi connectivity index (χ3v) is 6.48. The predicted molar refractivity (Wildman–Crippen MR) is 121 cm³/mol. The molecular formula is C26H32N2O3. The Labute approximate surface area is 184 Å². The number of hydrogen-bond donors (Lipinski definition) is 1. The number of hydrogen-bond acceptors (Lipinski definition) is 3. The van der Waals surface area contributed by atoms with E-state index in [2.05, 4.69) is 36.5 Å². The number of likely N-dealkylation sites (tertiary alicyclic amines) is 1. The van der Waals surface area contributed by atoms with Gasteiger partial charge in [0.1, 0.15) is 5.75 Å². The van der Waals surface area contributed by atoms with Crippen LogP contribution in [0.25, 0.3) is 0 Å². The monoisotopic (exact) mass is 420 g/mol. The van der Waals surface area contributed by atoms with E-state index in [4.69, 9.17) is 4.74 Å². The Kier molecular flexibility index (Phi) is 6.59. The number of benzene rings is 2. The van der Waals surface area contributed by atoms with E-state index in [0.29, 0.717) is 13.1 Å². The van der Waals surface area contributed by atoms with Gasteiger partial charge in [0.25, 0.3) is 0 Å². The lowest BCUT2D eigenvalue weighted by Crippen LogP contribution is -2.47. The normalized spacial score (nSPS) is 20.9. The number of aryl methyl sites for hydroxylation is 1. The first kappa shape index (κ1) is 21.4. The fraction of sp³-hybridized carbons (Fsp3) is 0.462. The molecule has 2 aromatic rings. The van der Waals surface area contributed by atoms with Crippen molar-refractivity contribution in [2.24, 2.45) is 11.8 Å². The number of nitrogens with zero attached hydrogens (tertiary/aromatic N) is 1. The van der Waals surface area contributed by atoms with Crippen LogP contribution in [0.5, 0.6) is 5.75 Å². The van der Waals surface area contributed by atoms with Gasteiger partial charge in [-0.1, -0.05) is 48.0 Å². The number of carbonyl (C=O) groups is 2. The third kappa shape index (κ3) is 5.09. The number of piperidine rings is 1. The van der Waals surface area contributed by atoms with Gasteiger partial charge in [-0.15, -0.1) is 0 Å². The van der Waals surface area contributed by atoms with Gasteiger partial charge in [-0.25, -0.2) is 0 Å². The minimum Gasteiger partial charge on any atom is -0.496 e. The summed E-state index contributed by atoms with van der Waals surface area (Å²) in [7, 11) is 1.66. The van der Waals surface area contributed by atoms with Crippen LogP contribution in [0.1, 0.15) is 48.4 Å². The highest BCUT2D eigenvalue weighted by atomic mass is 16.5. The van der Waals surface area contributed by atoms with Crippen molar-refractivity contribution in [2.75, 3.05) is 20.2 Å². The second-order valence-electron chi connectivity index (χ2n) is 8.82. The lowest BCUT2D eigenvalue weighted by atomic mass is 9.87. The quantitative estimate of drug-likeness (QED) is 0.735. The molecule has 0 bridgehead atoms. The SMILES string of the molecule is COc1ccccc1CCNC(=O)C1CCC(c2cccc(C)c2)N(C(=O)C2CC2)C1. The summed E-state index contributed by atoms with van der Waals surface area (Å²) < 4.78 is 5.39. The Morgan fingerprint density at radius 3 is 2.55 bits per heavy atom. The van der Waals surface area contributed by atoms with Crippen molar-refractivity contribution in [1.82, 2.24) is 10.2 Å². The van der Waals surface area contributed by atoms with Gasteiger partial charge in [-0.05, 0) is 56.2 Å². The molecule has 0 spiro atoms. The molecule has 1 saturated heterocycles. The Morgan fingerprint density at radius 2 is 1.81 bits per heavy atom. The van der Waals surface area contributed by atoms with Crippen LogP contribution in [0.15, 0.2) is 48.5 Å². The Balaban J connectivity index is 1.39. The van der Waals surface area contributed by atoms with Gasteiger partial charge in [0.15, 0.2) is 0 Å². The molecule has 1 aliphatic heterocycles. The van der Waals surface area contributed by atoms with Crippen molar-refractivity contribution in [1.29, 1.82) is 0 Å². The number of rotatable bonds is 7. The molecule has 1 saturated carbocycles. The standard InChI is InChI=1S/C26H32N2O3/c1-18-6-5-8-21(16-18)23-13-12-22(17-28(23)26(30)20-10-11-20)25(29)27-15-14-19-7-3-4-9-24(19)31-2/h3-9,16,20,22-23H,10-15,17H2,1-2H3,(H,27,29). The second-order valence-corrected chi connectivity index (χ2v) is 8.82. The zero-order valence-electron chi connectivity index (χ0n) is 18.5. The van der Waals surface area contributed by atoms with Crippen LogP contribution in [-0.2, 0) is 16.0 Å². The molecule has 1 N–H and O–H groups in total. The summed E-state index contributed by atoms with van der Waals surface area (Å²) in [6.45, 7) is 3.15. The maximum Gasteiger partial charge on any atom is 0.226 e. The van der Waals surface area contributed by atoms with E-state index in [1.807, 2.05) is 29.2 Å². The third-order valence-electron chi connectivity index (χ3n) is 6.48. The van der Waals surface area contributed by atoms with Gasteiger partial charge in [0, 0.05) is 19.0 Å². The number of amides is 2. The molecule has 1 aliphatic carbocycles. The molecule has 2 unspecified atom stereocenters. The molecule has 0 radical (unpaired) electrons. The van der Waals surface area contributed by atoms with Crippen LogP contribution in [-0.4, -0.2) is 36.9 Å². The second kappa shape index (κ2) is 9.54. The molecule has 2 fully saturated rings. The first-order valence-electron chi connectivity index (χ1n) is 11.3. The lowest BCUT2D eigenvalue weighted by Gasteiger charge is -2.40. The summed E-state index contributed by atoms with van der Waals surface area (Å²) in [6.07, 6.45) is 4.30. The van der Waals surface area contributed by atoms with E-state index in [0.717, 1.165) is 43.4 Å². The van der Waals surface area contributed by atoms with Crippen molar-refractivity contribution in [3.8, 4) is 5.75 Å². The minimum absolute atomic E-state index is 0.0474. The number of methoxy groups -OCH3 is 1. The highest BCUT2D eigenvalue weighted by Crippen LogP contribution is 2.39. The van der Waals surface area contributed by atoms with Crippen LogP contribution >= 0.6 is 0 Å². The number of para-hydroxylation sites is 1. The van der Waals surface area contributed by atoms with Crippen LogP contribution in [0.3, 0.4) is 0 Å². The molecule has 5 nitrogen and oxygen atoms in total. The number of ether oxygens (including phenoxy) is 1. The van der Waals surface area contributed by atoms with Crippen LogP contribution < -0.4 is 10.1 Å². The molecule has 164 valence electrons. The Morgan fingerprint density at radius 1 is 1.03 bits per heavy atom. The summed E-state index contributed by atoms with van der Waals surface area (Å²) in [6, 6.07) is 16.4. The molecule has 1 heterocycles. The van der Waals surface area contributed by atoms with E-state index in [1.165, 1.54) is 11.1 Å². The maximum atomic E-state index is 13.0. The molecule has 5 heteroatoms. The maximum absolute atomic E-state index is 13.0. The molecule has 2 aromatic carbocycles. The summed E-state index contributed by atoms with van der Waals surface area (Å²) >= 11 is 0. The largest absolute Gasteiger partial charge is 0.496 e. The van der Waals surface area contributed by atoms with Gasteiger partial charge in [-0.3, -0.25) is 9.59 Å². The van der Waals surface area contributed by atoms with Gasteiger partial charge >= 0.3 is 0 Å². The van der Waals surface area contributed by atoms with Crippen LogP contribution in [0, 0.1) is 18.8 Å². The summed E-state index contributed by atoms with van der Waals surface area (Å²) in [5, 5.41) is 3.09. The first-order valence-corrected chi connectivity index (χ1v) is 11.3. The zero-order valence-corrected chi connectivity index (χ0v) is 18.5. The van der Waals surface area contributed by atoms with Crippen molar-refractivity contribution in [3.05, 3.63) is 65.2 Å². The zero-order chi connectivity index (χ0) is 21.8. The molecule has 2 atom stereocenters. The smallest absolute Gasteiger partial charge is 0.226 e. The molecule has 0 aromatic heterocycles.